The molecule has 18 heavy (non-hydrogen) atoms. The molecule has 0 atom stereocenters. The van der Waals surface area contributed by atoms with Gasteiger partial charge in [-0.3, -0.25) is 10.1 Å². The van der Waals surface area contributed by atoms with Gasteiger partial charge in [-0.1, -0.05) is 18.7 Å². The highest BCUT2D eigenvalue weighted by Crippen LogP contribution is 2.20. The van der Waals surface area contributed by atoms with Crippen LogP contribution >= 0.6 is 0 Å². The fourth-order valence-electron chi connectivity index (χ4n) is 1.48. The first-order valence-electron chi connectivity index (χ1n) is 5.28. The molecule has 6 nitrogen and oxygen atoms in total. The van der Waals surface area contributed by atoms with Crippen LogP contribution in [0.1, 0.15) is 11.1 Å². The number of hydrogen-bond donors (Lipinski definition) is 2. The summed E-state index contributed by atoms with van der Waals surface area (Å²) in [5.74, 6) is -1.06. The monoisotopic (exact) mass is 250 g/mol. The van der Waals surface area contributed by atoms with Gasteiger partial charge in [0.15, 0.2) is 0 Å². The van der Waals surface area contributed by atoms with Gasteiger partial charge in [-0.15, -0.1) is 0 Å². The van der Waals surface area contributed by atoms with Crippen molar-refractivity contribution in [1.29, 1.82) is 0 Å². The molecule has 0 bridgehead atoms. The highest BCUT2D eigenvalue weighted by molar-refractivity contribution is 5.86. The first-order chi connectivity index (χ1) is 8.43. The maximum absolute atomic E-state index is 10.7. The normalized spacial score (nSPS) is 10.1. The molecule has 0 saturated carbocycles. The summed E-state index contributed by atoms with van der Waals surface area (Å²) >= 11 is 0. The van der Waals surface area contributed by atoms with Crippen LogP contribution in [0.5, 0.6) is 0 Å². The molecular weight excluding hydrogens is 236 g/mol. The second kappa shape index (κ2) is 5.92. The van der Waals surface area contributed by atoms with Crippen LogP contribution in [0.3, 0.4) is 0 Å². The minimum atomic E-state index is -1.06. The molecular formula is C12H14N2O4. The first kappa shape index (κ1) is 13.9. The van der Waals surface area contributed by atoms with Gasteiger partial charge in [0.1, 0.15) is 0 Å². The number of nitro benzene ring substituents is 1. The molecule has 0 heterocycles. The molecule has 96 valence electrons. The third-order valence-electron chi connectivity index (χ3n) is 2.57. The zero-order valence-corrected chi connectivity index (χ0v) is 9.97. The van der Waals surface area contributed by atoms with E-state index < -0.39 is 10.9 Å². The summed E-state index contributed by atoms with van der Waals surface area (Å²) in [7, 11) is 0. The number of benzene rings is 1. The second-order valence-electron chi connectivity index (χ2n) is 3.83. The van der Waals surface area contributed by atoms with Crippen molar-refractivity contribution in [1.82, 2.24) is 5.32 Å². The Balaban J connectivity index is 2.69. The fraction of sp³-hybridized carbons (Fsp3) is 0.250. The van der Waals surface area contributed by atoms with Crippen molar-refractivity contribution in [3.8, 4) is 0 Å². The first-order valence-corrected chi connectivity index (χ1v) is 5.28. The summed E-state index contributed by atoms with van der Waals surface area (Å²) in [6.07, 6.45) is 0. The van der Waals surface area contributed by atoms with E-state index >= 15 is 0 Å². The fourth-order valence-corrected chi connectivity index (χ4v) is 1.48. The number of rotatable bonds is 6. The molecule has 0 radical (unpaired) electrons. The maximum Gasteiger partial charge on any atom is 0.332 e. The summed E-state index contributed by atoms with van der Waals surface area (Å²) in [5.41, 5.74) is 1.46. The molecule has 0 aliphatic carbocycles. The van der Waals surface area contributed by atoms with Crippen LogP contribution in [0.4, 0.5) is 5.69 Å². The summed E-state index contributed by atoms with van der Waals surface area (Å²) in [6.45, 7) is 5.55. The second-order valence-corrected chi connectivity index (χ2v) is 3.83. The summed E-state index contributed by atoms with van der Waals surface area (Å²) in [6, 6.07) is 4.81. The molecule has 0 fully saturated rings. The van der Waals surface area contributed by atoms with Crippen molar-refractivity contribution in [3.63, 3.8) is 0 Å². The van der Waals surface area contributed by atoms with Gasteiger partial charge in [0.05, 0.1) is 4.92 Å². The Hall–Kier alpha value is -2.21. The third-order valence-corrected chi connectivity index (χ3v) is 2.57. The zero-order chi connectivity index (χ0) is 13.7. The molecule has 6 heteroatoms. The van der Waals surface area contributed by atoms with Crippen molar-refractivity contribution in [2.24, 2.45) is 0 Å². The minimum Gasteiger partial charge on any atom is -0.478 e. The molecule has 1 aromatic carbocycles. The van der Waals surface area contributed by atoms with Gasteiger partial charge in [0.25, 0.3) is 5.69 Å². The van der Waals surface area contributed by atoms with E-state index in [-0.39, 0.29) is 17.8 Å². The lowest BCUT2D eigenvalue weighted by Crippen LogP contribution is -2.20. The number of nitro groups is 1. The van der Waals surface area contributed by atoms with E-state index in [1.807, 2.05) is 0 Å². The maximum atomic E-state index is 10.7. The van der Waals surface area contributed by atoms with Crippen LogP contribution in [-0.2, 0) is 11.3 Å². The molecule has 2 N–H and O–H groups in total. The lowest BCUT2D eigenvalue weighted by molar-refractivity contribution is -0.385. The smallest absolute Gasteiger partial charge is 0.332 e. The molecule has 0 aliphatic heterocycles. The van der Waals surface area contributed by atoms with Gasteiger partial charge >= 0.3 is 5.97 Å². The number of hydrogen-bond acceptors (Lipinski definition) is 4. The Kier molecular flexibility index (Phi) is 4.56. The van der Waals surface area contributed by atoms with E-state index in [0.29, 0.717) is 12.1 Å². The quantitative estimate of drug-likeness (QED) is 0.455. The highest BCUT2D eigenvalue weighted by Gasteiger charge is 2.12. The predicted octanol–water partition coefficient (Wildman–Crippen LogP) is 1.63. The van der Waals surface area contributed by atoms with E-state index in [0.717, 1.165) is 5.56 Å². The van der Waals surface area contributed by atoms with Crippen LogP contribution in [0.15, 0.2) is 30.4 Å². The number of carboxylic acids is 1. The van der Waals surface area contributed by atoms with Gasteiger partial charge in [0.2, 0.25) is 0 Å². The third kappa shape index (κ3) is 3.39. The molecule has 1 rings (SSSR count). The lowest BCUT2D eigenvalue weighted by atomic mass is 10.1. The average Bonchev–Trinajstić information content (AvgIpc) is 2.30. The Bertz CT molecular complexity index is 497. The van der Waals surface area contributed by atoms with E-state index in [2.05, 4.69) is 11.9 Å². The predicted molar refractivity (Wildman–Crippen MR) is 66.3 cm³/mol. The Morgan fingerprint density at radius 3 is 2.78 bits per heavy atom. The summed E-state index contributed by atoms with van der Waals surface area (Å²) < 4.78 is 0. The van der Waals surface area contributed by atoms with Crippen molar-refractivity contribution in [3.05, 3.63) is 51.6 Å². The summed E-state index contributed by atoms with van der Waals surface area (Å²) in [4.78, 5) is 20.8. The number of aliphatic carboxylic acids is 1. The van der Waals surface area contributed by atoms with Gasteiger partial charge in [-0.25, -0.2) is 4.79 Å². The van der Waals surface area contributed by atoms with Gasteiger partial charge in [0, 0.05) is 30.3 Å². The molecule has 0 saturated heterocycles. The average molecular weight is 250 g/mol. The molecule has 0 unspecified atom stereocenters. The molecule has 0 aromatic heterocycles. The van der Waals surface area contributed by atoms with Crippen LogP contribution < -0.4 is 5.32 Å². The van der Waals surface area contributed by atoms with Crippen molar-refractivity contribution in [2.75, 3.05) is 6.54 Å². The van der Waals surface area contributed by atoms with E-state index in [9.17, 15) is 14.9 Å². The zero-order valence-electron chi connectivity index (χ0n) is 9.97. The van der Waals surface area contributed by atoms with Crippen LogP contribution in [0.25, 0.3) is 0 Å². The number of nitrogens with zero attached hydrogens (tertiary/aromatic N) is 1. The standard InChI is InChI=1S/C12H14N2O4/c1-8(12(15)16)6-13-7-10-4-3-5-11(9(10)2)14(17)18/h3-5,13H,1,6-7H2,2H3,(H,15,16). The molecule has 0 amide bonds. The van der Waals surface area contributed by atoms with Crippen LogP contribution in [0, 0.1) is 17.0 Å². The Labute approximate surface area is 104 Å². The van der Waals surface area contributed by atoms with Crippen LogP contribution in [-0.4, -0.2) is 22.5 Å². The lowest BCUT2D eigenvalue weighted by Gasteiger charge is -2.08. The number of carboxylic acid groups (broad SMARTS) is 1. The minimum absolute atomic E-state index is 0.0538. The summed E-state index contributed by atoms with van der Waals surface area (Å²) in [5, 5.41) is 22.2. The SMILES string of the molecule is C=C(CNCc1cccc([N+](=O)[O-])c1C)C(=O)O. The van der Waals surface area contributed by atoms with E-state index in [1.165, 1.54) is 6.07 Å². The molecule has 1 aromatic rings. The van der Waals surface area contributed by atoms with Crippen LogP contribution in [0.2, 0.25) is 0 Å². The molecule has 0 spiro atoms. The number of carbonyl (C=O) groups is 1. The van der Waals surface area contributed by atoms with Crippen molar-refractivity contribution in [2.45, 2.75) is 13.5 Å². The Morgan fingerprint density at radius 2 is 2.22 bits per heavy atom. The van der Waals surface area contributed by atoms with Gasteiger partial charge in [-0.2, -0.15) is 0 Å². The van der Waals surface area contributed by atoms with Crippen molar-refractivity contribution >= 4 is 11.7 Å². The van der Waals surface area contributed by atoms with E-state index in [1.54, 1.807) is 19.1 Å². The van der Waals surface area contributed by atoms with Crippen molar-refractivity contribution < 1.29 is 14.8 Å². The largest absolute Gasteiger partial charge is 0.478 e. The Morgan fingerprint density at radius 1 is 1.56 bits per heavy atom. The topological polar surface area (TPSA) is 92.5 Å². The number of nitrogens with one attached hydrogen (secondary N) is 1. The van der Waals surface area contributed by atoms with Gasteiger partial charge in [-0.05, 0) is 12.5 Å². The molecule has 0 aliphatic rings. The van der Waals surface area contributed by atoms with E-state index in [4.69, 9.17) is 5.11 Å². The highest BCUT2D eigenvalue weighted by atomic mass is 16.6. The van der Waals surface area contributed by atoms with Gasteiger partial charge < -0.3 is 10.4 Å².